The molecule has 3 aromatic rings. The Morgan fingerprint density at radius 3 is 2.65 bits per heavy atom. The molecule has 3 N–H and O–H groups in total. The molecule has 3 rings (SSSR count). The minimum absolute atomic E-state index is 0.118. The maximum atomic E-state index is 12.1. The molecule has 0 aliphatic heterocycles. The fourth-order valence-corrected chi connectivity index (χ4v) is 2.26. The maximum absolute atomic E-state index is 12.1. The van der Waals surface area contributed by atoms with Crippen LogP contribution in [0.2, 0.25) is 0 Å². The van der Waals surface area contributed by atoms with Crippen LogP contribution in [0.1, 0.15) is 18.5 Å². The van der Waals surface area contributed by atoms with Gasteiger partial charge in [0, 0.05) is 30.7 Å². The van der Waals surface area contributed by atoms with Gasteiger partial charge >= 0.3 is 6.03 Å². The first-order chi connectivity index (χ1) is 11.1. The number of nitrogens with zero attached hydrogens (tertiary/aromatic N) is 3. The molecule has 7 nitrogen and oxygen atoms in total. The lowest BCUT2D eigenvalue weighted by Gasteiger charge is -2.13. The van der Waals surface area contributed by atoms with Crippen molar-refractivity contribution in [1.82, 2.24) is 25.3 Å². The molecule has 0 unspecified atom stereocenters. The number of carbonyl (C=O) groups is 1. The summed E-state index contributed by atoms with van der Waals surface area (Å²) in [6.07, 6.45) is 5.32. The smallest absolute Gasteiger partial charge is 0.319 e. The fourth-order valence-electron chi connectivity index (χ4n) is 2.26. The third kappa shape index (κ3) is 3.57. The van der Waals surface area contributed by atoms with Crippen LogP contribution < -0.4 is 10.6 Å². The summed E-state index contributed by atoms with van der Waals surface area (Å²) in [6, 6.07) is 9.07. The monoisotopic (exact) mass is 310 g/mol. The van der Waals surface area contributed by atoms with E-state index in [1.807, 2.05) is 50.5 Å². The standard InChI is InChI=1S/C16H18N6O/c1-11(13-9-18-22(2)10-13)19-16(23)20-14-5-3-12(4-6-14)15-7-8-17-21-15/h3-11H,1-2H3,(H,17,21)(H2,19,20,23)/t11-/m1/s1. The van der Waals surface area contributed by atoms with Crippen molar-refractivity contribution in [2.75, 3.05) is 5.32 Å². The van der Waals surface area contributed by atoms with Gasteiger partial charge in [-0.2, -0.15) is 10.2 Å². The highest BCUT2D eigenvalue weighted by Gasteiger charge is 2.11. The summed E-state index contributed by atoms with van der Waals surface area (Å²) in [5.74, 6) is 0. The number of aromatic amines is 1. The van der Waals surface area contributed by atoms with Gasteiger partial charge in [-0.05, 0) is 30.7 Å². The van der Waals surface area contributed by atoms with E-state index in [4.69, 9.17) is 0 Å². The molecule has 23 heavy (non-hydrogen) atoms. The molecule has 0 aliphatic rings. The number of anilines is 1. The topological polar surface area (TPSA) is 87.6 Å². The van der Waals surface area contributed by atoms with E-state index < -0.39 is 0 Å². The van der Waals surface area contributed by atoms with Crippen molar-refractivity contribution in [3.63, 3.8) is 0 Å². The average molecular weight is 310 g/mol. The summed E-state index contributed by atoms with van der Waals surface area (Å²) in [7, 11) is 1.84. The lowest BCUT2D eigenvalue weighted by Crippen LogP contribution is -2.30. The van der Waals surface area contributed by atoms with Gasteiger partial charge in [0.05, 0.1) is 17.9 Å². The summed E-state index contributed by atoms with van der Waals surface area (Å²) in [5, 5.41) is 16.6. The molecule has 0 spiro atoms. The zero-order valence-electron chi connectivity index (χ0n) is 12.9. The summed E-state index contributed by atoms with van der Waals surface area (Å²) in [5.41, 5.74) is 3.63. The Morgan fingerprint density at radius 2 is 2.04 bits per heavy atom. The van der Waals surface area contributed by atoms with Crippen LogP contribution in [0, 0.1) is 0 Å². The van der Waals surface area contributed by atoms with E-state index in [1.54, 1.807) is 17.1 Å². The number of urea groups is 1. The molecule has 0 aliphatic carbocycles. The highest BCUT2D eigenvalue weighted by molar-refractivity contribution is 5.89. The van der Waals surface area contributed by atoms with Crippen LogP contribution in [0.4, 0.5) is 10.5 Å². The van der Waals surface area contributed by atoms with E-state index in [2.05, 4.69) is 25.9 Å². The van der Waals surface area contributed by atoms with Gasteiger partial charge in [0.2, 0.25) is 0 Å². The first-order valence-corrected chi connectivity index (χ1v) is 7.27. The van der Waals surface area contributed by atoms with Gasteiger partial charge in [-0.1, -0.05) is 12.1 Å². The normalized spacial score (nSPS) is 11.9. The summed E-state index contributed by atoms with van der Waals surface area (Å²) in [4.78, 5) is 12.1. The fraction of sp³-hybridized carbons (Fsp3) is 0.188. The lowest BCUT2D eigenvalue weighted by molar-refractivity contribution is 0.249. The van der Waals surface area contributed by atoms with Crippen LogP contribution in [0.15, 0.2) is 48.9 Å². The van der Waals surface area contributed by atoms with Crippen molar-refractivity contribution >= 4 is 11.7 Å². The van der Waals surface area contributed by atoms with Gasteiger partial charge in [-0.15, -0.1) is 0 Å². The van der Waals surface area contributed by atoms with Crippen LogP contribution in [0.3, 0.4) is 0 Å². The van der Waals surface area contributed by atoms with Crippen LogP contribution in [0.25, 0.3) is 11.3 Å². The van der Waals surface area contributed by atoms with Crippen molar-refractivity contribution < 1.29 is 4.79 Å². The van der Waals surface area contributed by atoms with Crippen LogP contribution in [-0.2, 0) is 7.05 Å². The number of hydrogen-bond acceptors (Lipinski definition) is 3. The maximum Gasteiger partial charge on any atom is 0.319 e. The zero-order valence-corrected chi connectivity index (χ0v) is 12.9. The Labute approximate surface area is 133 Å². The van der Waals surface area contributed by atoms with Gasteiger partial charge in [0.15, 0.2) is 0 Å². The predicted octanol–water partition coefficient (Wildman–Crippen LogP) is 2.69. The molecule has 2 aromatic heterocycles. The van der Waals surface area contributed by atoms with E-state index in [0.717, 1.165) is 22.5 Å². The molecule has 0 saturated heterocycles. The van der Waals surface area contributed by atoms with E-state index in [-0.39, 0.29) is 12.1 Å². The summed E-state index contributed by atoms with van der Waals surface area (Å²) >= 11 is 0. The van der Waals surface area contributed by atoms with E-state index in [9.17, 15) is 4.79 Å². The average Bonchev–Trinajstić information content (AvgIpc) is 3.19. The van der Waals surface area contributed by atoms with Gasteiger partial charge in [-0.25, -0.2) is 4.79 Å². The molecule has 0 radical (unpaired) electrons. The van der Waals surface area contributed by atoms with Crippen molar-refractivity contribution in [3.8, 4) is 11.3 Å². The number of aryl methyl sites for hydroxylation is 1. The lowest BCUT2D eigenvalue weighted by atomic mass is 10.1. The third-order valence-electron chi connectivity index (χ3n) is 3.53. The minimum Gasteiger partial charge on any atom is -0.331 e. The number of rotatable bonds is 4. The number of aromatic nitrogens is 4. The summed E-state index contributed by atoms with van der Waals surface area (Å²) < 4.78 is 1.71. The van der Waals surface area contributed by atoms with Crippen molar-refractivity contribution in [2.45, 2.75) is 13.0 Å². The second-order valence-electron chi connectivity index (χ2n) is 5.32. The molecule has 0 bridgehead atoms. The Kier molecular flexibility index (Phi) is 4.09. The Morgan fingerprint density at radius 1 is 1.26 bits per heavy atom. The number of H-pyrrole nitrogens is 1. The number of nitrogens with one attached hydrogen (secondary N) is 3. The highest BCUT2D eigenvalue weighted by atomic mass is 16.2. The van der Waals surface area contributed by atoms with E-state index >= 15 is 0 Å². The van der Waals surface area contributed by atoms with Gasteiger partial charge < -0.3 is 10.6 Å². The molecule has 1 aromatic carbocycles. The van der Waals surface area contributed by atoms with Crippen LogP contribution >= 0.6 is 0 Å². The Hall–Kier alpha value is -3.09. The predicted molar refractivity (Wildman–Crippen MR) is 87.8 cm³/mol. The van der Waals surface area contributed by atoms with E-state index in [0.29, 0.717) is 0 Å². The highest BCUT2D eigenvalue weighted by Crippen LogP contribution is 2.19. The van der Waals surface area contributed by atoms with Crippen LogP contribution in [-0.4, -0.2) is 26.0 Å². The van der Waals surface area contributed by atoms with Crippen molar-refractivity contribution in [3.05, 3.63) is 54.5 Å². The molecule has 2 amide bonds. The first kappa shape index (κ1) is 14.8. The van der Waals surface area contributed by atoms with Crippen molar-refractivity contribution in [1.29, 1.82) is 0 Å². The number of carbonyl (C=O) groups excluding carboxylic acids is 1. The first-order valence-electron chi connectivity index (χ1n) is 7.27. The molecule has 118 valence electrons. The molecule has 0 fully saturated rings. The second-order valence-corrected chi connectivity index (χ2v) is 5.32. The van der Waals surface area contributed by atoms with E-state index in [1.165, 1.54) is 0 Å². The molecule has 0 saturated carbocycles. The molecule has 7 heteroatoms. The second kappa shape index (κ2) is 6.35. The minimum atomic E-state index is -0.254. The molecule has 1 atom stereocenters. The van der Waals surface area contributed by atoms with Gasteiger partial charge in [0.25, 0.3) is 0 Å². The third-order valence-corrected chi connectivity index (χ3v) is 3.53. The Bertz CT molecular complexity index is 775. The molecular formula is C16H18N6O. The van der Waals surface area contributed by atoms with Gasteiger partial charge in [-0.3, -0.25) is 9.78 Å². The number of hydrogen-bond donors (Lipinski definition) is 3. The number of benzene rings is 1. The zero-order chi connectivity index (χ0) is 16.2. The number of amides is 2. The quantitative estimate of drug-likeness (QED) is 0.692. The SMILES string of the molecule is C[C@@H](NC(=O)Nc1ccc(-c2ccn[nH]2)cc1)c1cnn(C)c1. The summed E-state index contributed by atoms with van der Waals surface area (Å²) in [6.45, 7) is 1.91. The molecular weight excluding hydrogens is 292 g/mol. The van der Waals surface area contributed by atoms with Crippen LogP contribution in [0.5, 0.6) is 0 Å². The van der Waals surface area contributed by atoms with Crippen molar-refractivity contribution in [2.24, 2.45) is 7.05 Å². The Balaban J connectivity index is 1.59. The largest absolute Gasteiger partial charge is 0.331 e. The molecule has 2 heterocycles. The van der Waals surface area contributed by atoms with Gasteiger partial charge in [0.1, 0.15) is 0 Å².